The van der Waals surface area contributed by atoms with E-state index in [-0.39, 0.29) is 6.03 Å². The van der Waals surface area contributed by atoms with Crippen LogP contribution < -0.4 is 10.1 Å². The quantitative estimate of drug-likeness (QED) is 0.442. The van der Waals surface area contributed by atoms with Crippen molar-refractivity contribution in [1.82, 2.24) is 19.6 Å². The number of benzene rings is 3. The third kappa shape index (κ3) is 7.05. The normalized spacial score (nSPS) is 23.1. The first kappa shape index (κ1) is 29.3. The Morgan fingerprint density at radius 3 is 2.21 bits per heavy atom. The molecule has 7 nitrogen and oxygen atoms in total. The maximum atomic E-state index is 13.5. The lowest BCUT2D eigenvalue weighted by atomic mass is 9.73. The molecule has 3 saturated heterocycles. The lowest BCUT2D eigenvalue weighted by molar-refractivity contribution is -0.0534. The largest absolute Gasteiger partial charge is 0.497 e. The molecule has 0 aromatic heterocycles. The lowest BCUT2D eigenvalue weighted by Gasteiger charge is -2.59. The van der Waals surface area contributed by atoms with Crippen LogP contribution in [0.1, 0.15) is 35.4 Å². The van der Waals surface area contributed by atoms with Gasteiger partial charge in [-0.15, -0.1) is 0 Å². The number of carbonyl (C=O) groups excluding carboxylic acids is 1. The van der Waals surface area contributed by atoms with Gasteiger partial charge in [0.15, 0.2) is 0 Å². The zero-order chi connectivity index (χ0) is 29.6. The molecule has 6 rings (SSSR count). The van der Waals surface area contributed by atoms with Crippen molar-refractivity contribution in [3.8, 4) is 17.6 Å². The molecule has 1 N–H and O–H groups in total. The van der Waals surface area contributed by atoms with Crippen LogP contribution in [0.5, 0.6) is 5.75 Å². The maximum absolute atomic E-state index is 13.5. The molecule has 0 aliphatic carbocycles. The minimum Gasteiger partial charge on any atom is -0.497 e. The number of carbonyl (C=O) groups is 1. The minimum absolute atomic E-state index is 0.0279. The lowest BCUT2D eigenvalue weighted by Crippen LogP contribution is -2.69. The van der Waals surface area contributed by atoms with Crippen LogP contribution in [0.4, 0.5) is 10.5 Å². The standard InChI is InChI=1S/C36H43N5O2/c1-38-22-24-39(25-23-38)26-33-35(30-14-12-29(13-15-30)11-10-28-8-4-3-5-9-28)34-27-40(20-6-7-21-41(33)34)36(42)37-31-16-18-32(43-2)19-17-31/h3-5,8-9,12-19,33-35H,6-7,20-27H2,1-2H3,(H,37,42)/t33-,34+,35+/m1/s1. The minimum atomic E-state index is -0.0279. The van der Waals surface area contributed by atoms with Crippen molar-refractivity contribution < 1.29 is 9.53 Å². The first-order valence-electron chi connectivity index (χ1n) is 15.6. The summed E-state index contributed by atoms with van der Waals surface area (Å²) < 4.78 is 5.28. The fraction of sp³-hybridized carbons (Fsp3) is 0.417. The van der Waals surface area contributed by atoms with E-state index < -0.39 is 0 Å². The topological polar surface area (TPSA) is 51.3 Å². The molecule has 3 fully saturated rings. The maximum Gasteiger partial charge on any atom is 0.321 e. The predicted molar refractivity (Wildman–Crippen MR) is 173 cm³/mol. The van der Waals surface area contributed by atoms with E-state index in [0.29, 0.717) is 18.0 Å². The summed E-state index contributed by atoms with van der Waals surface area (Å²) in [6.45, 7) is 8.13. The van der Waals surface area contributed by atoms with Gasteiger partial charge in [-0.05, 0) is 80.5 Å². The first-order valence-corrected chi connectivity index (χ1v) is 15.6. The number of methoxy groups -OCH3 is 1. The highest BCUT2D eigenvalue weighted by atomic mass is 16.5. The van der Waals surface area contributed by atoms with Gasteiger partial charge in [0.2, 0.25) is 0 Å². The van der Waals surface area contributed by atoms with E-state index in [4.69, 9.17) is 4.74 Å². The summed E-state index contributed by atoms with van der Waals surface area (Å²) in [5, 5.41) is 3.13. The van der Waals surface area contributed by atoms with Gasteiger partial charge < -0.3 is 19.9 Å². The van der Waals surface area contributed by atoms with E-state index in [1.807, 2.05) is 59.5 Å². The smallest absolute Gasteiger partial charge is 0.321 e. The zero-order valence-electron chi connectivity index (χ0n) is 25.4. The molecule has 3 aliphatic rings. The summed E-state index contributed by atoms with van der Waals surface area (Å²) in [5.41, 5.74) is 4.19. The highest BCUT2D eigenvalue weighted by molar-refractivity contribution is 5.89. The third-order valence-electron chi connectivity index (χ3n) is 9.27. The number of urea groups is 1. The van der Waals surface area contributed by atoms with Crippen molar-refractivity contribution in [2.24, 2.45) is 0 Å². The second kappa shape index (κ2) is 13.6. The predicted octanol–water partition coefficient (Wildman–Crippen LogP) is 4.81. The average Bonchev–Trinajstić information content (AvgIpc) is 3.03. The van der Waals surface area contributed by atoms with Crippen LogP contribution >= 0.6 is 0 Å². The van der Waals surface area contributed by atoms with E-state index in [1.165, 1.54) is 5.56 Å². The number of fused-ring (bicyclic) bond motifs is 1. The molecule has 224 valence electrons. The van der Waals surface area contributed by atoms with Gasteiger partial charge in [0.05, 0.1) is 7.11 Å². The van der Waals surface area contributed by atoms with E-state index in [1.54, 1.807) is 7.11 Å². The van der Waals surface area contributed by atoms with Crippen molar-refractivity contribution in [2.45, 2.75) is 30.8 Å². The zero-order valence-corrected chi connectivity index (χ0v) is 25.4. The van der Waals surface area contributed by atoms with E-state index in [0.717, 1.165) is 87.8 Å². The van der Waals surface area contributed by atoms with Crippen LogP contribution in [0.2, 0.25) is 0 Å². The number of nitrogens with zero attached hydrogens (tertiary/aromatic N) is 4. The molecule has 2 amide bonds. The number of ether oxygens (including phenoxy) is 1. The molecule has 3 aliphatic heterocycles. The number of amides is 2. The molecule has 0 spiro atoms. The molecule has 7 heteroatoms. The number of hydrogen-bond acceptors (Lipinski definition) is 5. The summed E-state index contributed by atoms with van der Waals surface area (Å²) in [6.07, 6.45) is 2.11. The van der Waals surface area contributed by atoms with Crippen molar-refractivity contribution in [3.05, 3.63) is 95.6 Å². The monoisotopic (exact) mass is 577 g/mol. The summed E-state index contributed by atoms with van der Waals surface area (Å²) in [4.78, 5) is 23.3. The fourth-order valence-corrected chi connectivity index (χ4v) is 6.75. The van der Waals surface area contributed by atoms with Gasteiger partial charge in [-0.25, -0.2) is 4.79 Å². The molecule has 0 bridgehead atoms. The molecule has 0 saturated carbocycles. The van der Waals surface area contributed by atoms with Crippen molar-refractivity contribution >= 4 is 11.7 Å². The number of rotatable bonds is 5. The number of anilines is 1. The molecular formula is C36H43N5O2. The van der Waals surface area contributed by atoms with E-state index in [2.05, 4.69) is 63.2 Å². The molecule has 43 heavy (non-hydrogen) atoms. The fourth-order valence-electron chi connectivity index (χ4n) is 6.75. The van der Waals surface area contributed by atoms with Crippen molar-refractivity contribution in [3.63, 3.8) is 0 Å². The second-order valence-corrected chi connectivity index (χ2v) is 12.1. The third-order valence-corrected chi connectivity index (χ3v) is 9.27. The summed E-state index contributed by atoms with van der Waals surface area (Å²) in [6, 6.07) is 27.3. The van der Waals surface area contributed by atoms with Crippen LogP contribution in [-0.4, -0.2) is 104 Å². The number of nitrogens with one attached hydrogen (secondary N) is 1. The van der Waals surface area contributed by atoms with Gasteiger partial charge in [0.25, 0.3) is 0 Å². The highest BCUT2D eigenvalue weighted by Crippen LogP contribution is 2.42. The Bertz CT molecular complexity index is 1410. The Morgan fingerprint density at radius 2 is 1.51 bits per heavy atom. The van der Waals surface area contributed by atoms with Crippen molar-refractivity contribution in [2.75, 3.05) is 71.8 Å². The Balaban J connectivity index is 1.21. The van der Waals surface area contributed by atoms with Gasteiger partial charge >= 0.3 is 6.03 Å². The summed E-state index contributed by atoms with van der Waals surface area (Å²) >= 11 is 0. The molecule has 0 radical (unpaired) electrons. The molecule has 0 unspecified atom stereocenters. The first-order chi connectivity index (χ1) is 21.1. The van der Waals surface area contributed by atoms with Crippen LogP contribution in [0.3, 0.4) is 0 Å². The molecule has 3 aromatic carbocycles. The van der Waals surface area contributed by atoms with Gasteiger partial charge in [-0.2, -0.15) is 0 Å². The van der Waals surface area contributed by atoms with Crippen LogP contribution in [0.25, 0.3) is 0 Å². The van der Waals surface area contributed by atoms with Gasteiger partial charge in [-0.1, -0.05) is 42.2 Å². The van der Waals surface area contributed by atoms with E-state index >= 15 is 0 Å². The molecule has 3 atom stereocenters. The number of hydrogen-bond donors (Lipinski definition) is 1. The van der Waals surface area contributed by atoms with Crippen molar-refractivity contribution in [1.29, 1.82) is 0 Å². The average molecular weight is 578 g/mol. The van der Waals surface area contributed by atoms with Gasteiger partial charge in [0, 0.05) is 80.6 Å². The molecular weight excluding hydrogens is 534 g/mol. The second-order valence-electron chi connectivity index (χ2n) is 12.1. The Hall–Kier alpha value is -3.83. The Kier molecular flexibility index (Phi) is 9.28. The van der Waals surface area contributed by atoms with E-state index in [9.17, 15) is 4.79 Å². The molecule has 3 aromatic rings. The number of piperazine rings is 1. The van der Waals surface area contributed by atoms with Crippen LogP contribution in [0, 0.1) is 11.8 Å². The van der Waals surface area contributed by atoms with Gasteiger partial charge in [0.1, 0.15) is 5.75 Å². The SMILES string of the molecule is COc1ccc(NC(=O)N2CCCCN3[C@H](CN4CCN(C)CC4)[C@H](c4ccc(C#Cc5ccccc5)cc4)[C@@H]3C2)cc1. The van der Waals surface area contributed by atoms with Crippen LogP contribution in [0.15, 0.2) is 78.9 Å². The molecule has 3 heterocycles. The van der Waals surface area contributed by atoms with Gasteiger partial charge in [-0.3, -0.25) is 9.80 Å². The number of likely N-dealkylation sites (N-methyl/N-ethyl adjacent to an activating group) is 1. The summed E-state index contributed by atoms with van der Waals surface area (Å²) in [5.74, 6) is 7.76. The Morgan fingerprint density at radius 1 is 0.837 bits per heavy atom. The van der Waals surface area contributed by atoms with Crippen LogP contribution in [-0.2, 0) is 0 Å². The summed E-state index contributed by atoms with van der Waals surface area (Å²) in [7, 11) is 3.86. The Labute approximate surface area is 256 Å². The highest BCUT2D eigenvalue weighted by Gasteiger charge is 2.50.